The summed E-state index contributed by atoms with van der Waals surface area (Å²) in [4.78, 5) is 25.1. The lowest BCUT2D eigenvalue weighted by molar-refractivity contribution is 0.0524. The summed E-state index contributed by atoms with van der Waals surface area (Å²) in [6, 6.07) is 3.84. The van der Waals surface area contributed by atoms with Gasteiger partial charge >= 0.3 is 5.97 Å². The van der Waals surface area contributed by atoms with Crippen LogP contribution in [-0.2, 0) is 11.2 Å². The SMILES string of the molecule is CCCc1nc(-c2ncccc2C)ncc1C(=O)OCC. The molecule has 2 aromatic heterocycles. The second-order valence-corrected chi connectivity index (χ2v) is 4.69. The van der Waals surface area contributed by atoms with Crippen LogP contribution in [-0.4, -0.2) is 27.5 Å². The molecule has 0 fully saturated rings. The normalized spacial score (nSPS) is 10.4. The fraction of sp³-hybridized carbons (Fsp3) is 0.375. The number of pyridine rings is 1. The molecule has 0 aromatic carbocycles. The maximum atomic E-state index is 11.9. The molecule has 0 amide bonds. The van der Waals surface area contributed by atoms with Gasteiger partial charge in [0.15, 0.2) is 5.82 Å². The lowest BCUT2D eigenvalue weighted by atomic mass is 10.1. The highest BCUT2D eigenvalue weighted by Gasteiger charge is 2.16. The van der Waals surface area contributed by atoms with Crippen molar-refractivity contribution in [1.29, 1.82) is 0 Å². The third-order valence-electron chi connectivity index (χ3n) is 3.07. The van der Waals surface area contributed by atoms with E-state index in [1.807, 2.05) is 26.0 Å². The zero-order valence-corrected chi connectivity index (χ0v) is 12.6. The number of rotatable bonds is 5. The maximum Gasteiger partial charge on any atom is 0.341 e. The van der Waals surface area contributed by atoms with Crippen molar-refractivity contribution < 1.29 is 9.53 Å². The summed E-state index contributed by atoms with van der Waals surface area (Å²) in [6.45, 7) is 6.13. The van der Waals surface area contributed by atoms with E-state index in [9.17, 15) is 4.79 Å². The van der Waals surface area contributed by atoms with E-state index >= 15 is 0 Å². The predicted octanol–water partition coefficient (Wildman–Crippen LogP) is 2.98. The molecule has 0 atom stereocenters. The quantitative estimate of drug-likeness (QED) is 0.790. The van der Waals surface area contributed by atoms with E-state index < -0.39 is 0 Å². The summed E-state index contributed by atoms with van der Waals surface area (Å²) < 4.78 is 5.05. The van der Waals surface area contributed by atoms with E-state index in [0.29, 0.717) is 30.1 Å². The van der Waals surface area contributed by atoms with Crippen LogP contribution in [0, 0.1) is 6.92 Å². The summed E-state index contributed by atoms with van der Waals surface area (Å²) >= 11 is 0. The smallest absolute Gasteiger partial charge is 0.341 e. The predicted molar refractivity (Wildman–Crippen MR) is 80.0 cm³/mol. The number of aryl methyl sites for hydroxylation is 2. The molecule has 110 valence electrons. The molecule has 0 saturated carbocycles. The Bertz CT molecular complexity index is 641. The number of nitrogens with zero attached hydrogens (tertiary/aromatic N) is 3. The highest BCUT2D eigenvalue weighted by molar-refractivity contribution is 5.90. The summed E-state index contributed by atoms with van der Waals surface area (Å²) in [5, 5.41) is 0. The lowest BCUT2D eigenvalue weighted by Gasteiger charge is -2.09. The molecule has 2 aromatic rings. The number of hydrogen-bond donors (Lipinski definition) is 0. The van der Waals surface area contributed by atoms with E-state index in [-0.39, 0.29) is 5.97 Å². The van der Waals surface area contributed by atoms with Gasteiger partial charge in [0.2, 0.25) is 0 Å². The molecule has 2 heterocycles. The van der Waals surface area contributed by atoms with Gasteiger partial charge in [-0.15, -0.1) is 0 Å². The Labute approximate surface area is 124 Å². The van der Waals surface area contributed by atoms with Gasteiger partial charge in [-0.2, -0.15) is 0 Å². The van der Waals surface area contributed by atoms with E-state index in [1.54, 1.807) is 19.3 Å². The fourth-order valence-electron chi connectivity index (χ4n) is 2.06. The molecule has 0 saturated heterocycles. The fourth-order valence-corrected chi connectivity index (χ4v) is 2.06. The van der Waals surface area contributed by atoms with E-state index in [1.165, 1.54) is 0 Å². The molecule has 5 nitrogen and oxygen atoms in total. The molecule has 5 heteroatoms. The van der Waals surface area contributed by atoms with Gasteiger partial charge in [0.05, 0.1) is 17.9 Å². The van der Waals surface area contributed by atoms with Crippen molar-refractivity contribution in [2.24, 2.45) is 0 Å². The zero-order valence-electron chi connectivity index (χ0n) is 12.6. The Hall–Kier alpha value is -2.30. The van der Waals surface area contributed by atoms with Crippen LogP contribution >= 0.6 is 0 Å². The molecule has 0 aliphatic carbocycles. The number of hydrogen-bond acceptors (Lipinski definition) is 5. The van der Waals surface area contributed by atoms with E-state index in [2.05, 4.69) is 15.0 Å². The van der Waals surface area contributed by atoms with Gasteiger partial charge in [-0.05, 0) is 31.9 Å². The molecule has 2 rings (SSSR count). The van der Waals surface area contributed by atoms with Gasteiger partial charge in [-0.25, -0.2) is 14.8 Å². The zero-order chi connectivity index (χ0) is 15.2. The van der Waals surface area contributed by atoms with Crippen molar-refractivity contribution >= 4 is 5.97 Å². The Morgan fingerprint density at radius 2 is 2.10 bits per heavy atom. The topological polar surface area (TPSA) is 65.0 Å². The largest absolute Gasteiger partial charge is 0.462 e. The Morgan fingerprint density at radius 1 is 1.29 bits per heavy atom. The van der Waals surface area contributed by atoms with Crippen molar-refractivity contribution in [3.8, 4) is 11.5 Å². The van der Waals surface area contributed by atoms with Crippen molar-refractivity contribution in [1.82, 2.24) is 15.0 Å². The molecule has 21 heavy (non-hydrogen) atoms. The van der Waals surface area contributed by atoms with E-state index in [0.717, 1.165) is 17.7 Å². The van der Waals surface area contributed by atoms with Gasteiger partial charge < -0.3 is 4.74 Å². The van der Waals surface area contributed by atoms with Gasteiger partial charge in [0.25, 0.3) is 0 Å². The summed E-state index contributed by atoms with van der Waals surface area (Å²) in [6.07, 6.45) is 4.85. The first-order chi connectivity index (χ1) is 10.2. The van der Waals surface area contributed by atoms with Crippen LogP contribution in [0.3, 0.4) is 0 Å². The first-order valence-electron chi connectivity index (χ1n) is 7.12. The minimum atomic E-state index is -0.370. The van der Waals surface area contributed by atoms with Gasteiger partial charge in [0.1, 0.15) is 5.69 Å². The monoisotopic (exact) mass is 285 g/mol. The highest BCUT2D eigenvalue weighted by Crippen LogP contribution is 2.19. The Morgan fingerprint density at radius 3 is 2.76 bits per heavy atom. The van der Waals surface area contributed by atoms with Gasteiger partial charge in [-0.3, -0.25) is 4.98 Å². The summed E-state index contributed by atoms with van der Waals surface area (Å²) in [7, 11) is 0. The molecule has 0 spiro atoms. The summed E-state index contributed by atoms with van der Waals surface area (Å²) in [5.41, 5.74) is 2.90. The Balaban J connectivity index is 2.45. The maximum absolute atomic E-state index is 11.9. The molecular weight excluding hydrogens is 266 g/mol. The average molecular weight is 285 g/mol. The van der Waals surface area contributed by atoms with Gasteiger partial charge in [-0.1, -0.05) is 19.4 Å². The lowest BCUT2D eigenvalue weighted by Crippen LogP contribution is -2.11. The van der Waals surface area contributed by atoms with Gasteiger partial charge in [0, 0.05) is 12.4 Å². The van der Waals surface area contributed by atoms with Crippen molar-refractivity contribution in [3.05, 3.63) is 41.3 Å². The number of carbonyl (C=O) groups excluding carboxylic acids is 1. The first kappa shape index (κ1) is 15.1. The number of carbonyl (C=O) groups is 1. The second kappa shape index (κ2) is 6.92. The highest BCUT2D eigenvalue weighted by atomic mass is 16.5. The van der Waals surface area contributed by atoms with Crippen LogP contribution < -0.4 is 0 Å². The van der Waals surface area contributed by atoms with Crippen LogP contribution in [0.4, 0.5) is 0 Å². The van der Waals surface area contributed by atoms with Crippen LogP contribution in [0.1, 0.15) is 41.9 Å². The number of aromatic nitrogens is 3. The number of esters is 1. The van der Waals surface area contributed by atoms with Crippen LogP contribution in [0.25, 0.3) is 11.5 Å². The number of ether oxygens (including phenoxy) is 1. The molecule has 0 N–H and O–H groups in total. The van der Waals surface area contributed by atoms with Crippen LogP contribution in [0.2, 0.25) is 0 Å². The molecule has 0 aliphatic rings. The van der Waals surface area contributed by atoms with Crippen molar-refractivity contribution in [3.63, 3.8) is 0 Å². The van der Waals surface area contributed by atoms with E-state index in [4.69, 9.17) is 4.74 Å². The van der Waals surface area contributed by atoms with Crippen LogP contribution in [0.15, 0.2) is 24.5 Å². The average Bonchev–Trinajstić information content (AvgIpc) is 2.48. The standard InChI is InChI=1S/C16H19N3O2/c1-4-7-13-12(16(20)21-5-2)10-18-15(19-13)14-11(3)8-6-9-17-14/h6,8-10H,4-5,7H2,1-3H3. The minimum absolute atomic E-state index is 0.339. The third-order valence-corrected chi connectivity index (χ3v) is 3.07. The Kier molecular flexibility index (Phi) is 4.98. The van der Waals surface area contributed by atoms with Crippen molar-refractivity contribution in [2.45, 2.75) is 33.6 Å². The molecule has 0 bridgehead atoms. The molecular formula is C16H19N3O2. The molecule has 0 radical (unpaired) electrons. The van der Waals surface area contributed by atoms with Crippen LogP contribution in [0.5, 0.6) is 0 Å². The minimum Gasteiger partial charge on any atom is -0.462 e. The molecule has 0 unspecified atom stereocenters. The second-order valence-electron chi connectivity index (χ2n) is 4.69. The third kappa shape index (κ3) is 3.42. The molecule has 0 aliphatic heterocycles. The first-order valence-corrected chi connectivity index (χ1v) is 7.12. The van der Waals surface area contributed by atoms with Crippen molar-refractivity contribution in [2.75, 3.05) is 6.61 Å². The summed E-state index contributed by atoms with van der Waals surface area (Å²) in [5.74, 6) is 0.176.